The van der Waals surface area contributed by atoms with E-state index in [0.29, 0.717) is 11.3 Å². The summed E-state index contributed by atoms with van der Waals surface area (Å²) in [6, 6.07) is 5.51. The van der Waals surface area contributed by atoms with Crippen molar-refractivity contribution < 1.29 is 5.11 Å². The van der Waals surface area contributed by atoms with Gasteiger partial charge in [-0.25, -0.2) is 0 Å². The first kappa shape index (κ1) is 10.3. The summed E-state index contributed by atoms with van der Waals surface area (Å²) in [5.41, 5.74) is 2.13. The third-order valence-corrected chi connectivity index (χ3v) is 1.94. The van der Waals surface area contributed by atoms with Gasteiger partial charge in [0, 0.05) is 11.8 Å². The predicted octanol–water partition coefficient (Wildman–Crippen LogP) is 2.82. The molecule has 0 saturated carbocycles. The summed E-state index contributed by atoms with van der Waals surface area (Å²) in [6.45, 7) is 8.99. The third-order valence-electron chi connectivity index (χ3n) is 1.94. The number of aliphatic imine (C=N–C) groups is 1. The van der Waals surface area contributed by atoms with Crippen LogP contribution >= 0.6 is 0 Å². The lowest BCUT2D eigenvalue weighted by Crippen LogP contribution is -1.96. The number of hydrogen-bond donors (Lipinski definition) is 1. The maximum absolute atomic E-state index is 9.76. The molecular weight excluding hydrogens is 174 g/mol. The fraction of sp³-hybridized carbons (Fsp3) is 0.0833. The quantitative estimate of drug-likeness (QED) is 0.725. The molecule has 0 radical (unpaired) electrons. The van der Waals surface area contributed by atoms with Crippen molar-refractivity contribution in [2.75, 3.05) is 0 Å². The molecule has 0 fully saturated rings. The number of hydrogen-bond acceptors (Lipinski definition) is 2. The molecular formula is C12H13NO. The highest BCUT2D eigenvalue weighted by Crippen LogP contribution is 2.22. The second-order valence-corrected chi connectivity index (χ2v) is 2.87. The van der Waals surface area contributed by atoms with Crippen LogP contribution in [0.3, 0.4) is 0 Å². The lowest BCUT2D eigenvalue weighted by atomic mass is 10.1. The van der Waals surface area contributed by atoms with Crippen molar-refractivity contribution in [2.24, 2.45) is 4.99 Å². The molecule has 0 saturated heterocycles. The number of phenols is 1. The first-order valence-corrected chi connectivity index (χ1v) is 4.30. The molecule has 0 heterocycles. The Labute approximate surface area is 83.9 Å². The number of benzene rings is 1. The molecule has 72 valence electrons. The number of rotatable bonds is 3. The van der Waals surface area contributed by atoms with Gasteiger partial charge in [-0.2, -0.15) is 0 Å². The first-order valence-electron chi connectivity index (χ1n) is 4.30. The van der Waals surface area contributed by atoms with Crippen LogP contribution in [-0.4, -0.2) is 10.8 Å². The van der Waals surface area contributed by atoms with Crippen molar-refractivity contribution in [3.05, 3.63) is 54.8 Å². The normalized spacial score (nSPS) is 11.1. The molecule has 0 atom stereocenters. The summed E-state index contributed by atoms with van der Waals surface area (Å²) in [4.78, 5) is 4.02. The number of aromatic hydroxyl groups is 1. The van der Waals surface area contributed by atoms with E-state index in [1.54, 1.807) is 12.1 Å². The van der Waals surface area contributed by atoms with Crippen LogP contribution in [-0.2, 0) is 0 Å². The number of para-hydroxylation sites is 1. The molecule has 14 heavy (non-hydrogen) atoms. The van der Waals surface area contributed by atoms with Gasteiger partial charge in [-0.15, -0.1) is 0 Å². The summed E-state index contributed by atoms with van der Waals surface area (Å²) in [6.07, 6.45) is 3.02. The van der Waals surface area contributed by atoms with Crippen molar-refractivity contribution in [2.45, 2.75) is 6.92 Å². The Bertz CT molecular complexity index is 391. The Balaban J connectivity index is 3.30. The van der Waals surface area contributed by atoms with Gasteiger partial charge < -0.3 is 5.11 Å². The van der Waals surface area contributed by atoms with Crippen LogP contribution in [0.25, 0.3) is 0 Å². The summed E-state index contributed by atoms with van der Waals surface area (Å²) in [5, 5.41) is 9.76. The zero-order valence-electron chi connectivity index (χ0n) is 8.20. The SMILES string of the molecule is C=CN=C(C=C)c1cccc(C)c1O. The molecule has 0 aliphatic rings. The summed E-state index contributed by atoms with van der Waals surface area (Å²) >= 11 is 0. The number of allylic oxidation sites excluding steroid dienone is 1. The Kier molecular flexibility index (Phi) is 3.24. The molecule has 0 spiro atoms. The molecule has 0 amide bonds. The lowest BCUT2D eigenvalue weighted by molar-refractivity contribution is 0.470. The van der Waals surface area contributed by atoms with E-state index in [1.165, 1.54) is 6.20 Å². The van der Waals surface area contributed by atoms with Crippen LogP contribution in [0.2, 0.25) is 0 Å². The van der Waals surface area contributed by atoms with Gasteiger partial charge in [0.1, 0.15) is 5.75 Å². The molecule has 0 unspecified atom stereocenters. The minimum absolute atomic E-state index is 0.244. The molecule has 0 aromatic heterocycles. The fourth-order valence-corrected chi connectivity index (χ4v) is 1.20. The fourth-order valence-electron chi connectivity index (χ4n) is 1.20. The minimum Gasteiger partial charge on any atom is -0.507 e. The molecule has 1 rings (SSSR count). The minimum atomic E-state index is 0.244. The number of nitrogens with zero attached hydrogens (tertiary/aromatic N) is 1. The van der Waals surface area contributed by atoms with Crippen LogP contribution < -0.4 is 0 Å². The van der Waals surface area contributed by atoms with E-state index in [4.69, 9.17) is 0 Å². The lowest BCUT2D eigenvalue weighted by Gasteiger charge is -2.05. The molecule has 1 N–H and O–H groups in total. The second-order valence-electron chi connectivity index (χ2n) is 2.87. The van der Waals surface area contributed by atoms with E-state index in [0.717, 1.165) is 5.56 Å². The van der Waals surface area contributed by atoms with Gasteiger partial charge >= 0.3 is 0 Å². The maximum atomic E-state index is 9.76. The molecule has 0 aliphatic carbocycles. The molecule has 2 heteroatoms. The van der Waals surface area contributed by atoms with E-state index in [1.807, 2.05) is 19.1 Å². The zero-order valence-corrected chi connectivity index (χ0v) is 8.20. The second kappa shape index (κ2) is 4.42. The van der Waals surface area contributed by atoms with Gasteiger partial charge in [-0.1, -0.05) is 25.3 Å². The Hall–Kier alpha value is -1.83. The standard InChI is InChI=1S/C12H13NO/c1-4-11(13-5-2)10-8-6-7-9(3)12(10)14/h4-8,14H,1-2H2,3H3. The summed E-state index contributed by atoms with van der Waals surface area (Å²) < 4.78 is 0. The van der Waals surface area contributed by atoms with Crippen LogP contribution in [0, 0.1) is 6.92 Å². The zero-order chi connectivity index (χ0) is 10.6. The van der Waals surface area contributed by atoms with Gasteiger partial charge in [0.15, 0.2) is 0 Å². The largest absolute Gasteiger partial charge is 0.507 e. The number of phenolic OH excluding ortho intramolecular Hbond substituents is 1. The van der Waals surface area contributed by atoms with E-state index in [-0.39, 0.29) is 5.75 Å². The van der Waals surface area contributed by atoms with E-state index < -0.39 is 0 Å². The van der Waals surface area contributed by atoms with Crippen molar-refractivity contribution in [1.82, 2.24) is 0 Å². The number of aryl methyl sites for hydroxylation is 1. The third kappa shape index (κ3) is 1.91. The average molecular weight is 187 g/mol. The first-order chi connectivity index (χ1) is 6.70. The van der Waals surface area contributed by atoms with Gasteiger partial charge in [-0.05, 0) is 24.6 Å². The van der Waals surface area contributed by atoms with Crippen molar-refractivity contribution in [3.63, 3.8) is 0 Å². The van der Waals surface area contributed by atoms with Gasteiger partial charge in [0.2, 0.25) is 0 Å². The topological polar surface area (TPSA) is 32.6 Å². The molecule has 0 aliphatic heterocycles. The van der Waals surface area contributed by atoms with E-state index >= 15 is 0 Å². The van der Waals surface area contributed by atoms with Gasteiger partial charge in [0.25, 0.3) is 0 Å². The van der Waals surface area contributed by atoms with Crippen LogP contribution in [0.15, 0.2) is 48.6 Å². The molecule has 1 aromatic rings. The van der Waals surface area contributed by atoms with Gasteiger partial charge in [-0.3, -0.25) is 4.99 Å². The highest BCUT2D eigenvalue weighted by atomic mass is 16.3. The Morgan fingerprint density at radius 3 is 2.71 bits per heavy atom. The predicted molar refractivity (Wildman–Crippen MR) is 59.8 cm³/mol. The van der Waals surface area contributed by atoms with Crippen LogP contribution in [0.1, 0.15) is 11.1 Å². The highest BCUT2D eigenvalue weighted by molar-refractivity contribution is 6.10. The summed E-state index contributed by atoms with van der Waals surface area (Å²) in [5.74, 6) is 0.244. The molecule has 2 nitrogen and oxygen atoms in total. The maximum Gasteiger partial charge on any atom is 0.127 e. The highest BCUT2D eigenvalue weighted by Gasteiger charge is 2.06. The van der Waals surface area contributed by atoms with E-state index in [2.05, 4.69) is 18.2 Å². The van der Waals surface area contributed by atoms with Crippen molar-refractivity contribution >= 4 is 5.71 Å². The van der Waals surface area contributed by atoms with Crippen molar-refractivity contribution in [1.29, 1.82) is 0 Å². The Morgan fingerprint density at radius 2 is 2.14 bits per heavy atom. The van der Waals surface area contributed by atoms with Gasteiger partial charge in [0.05, 0.1) is 5.71 Å². The summed E-state index contributed by atoms with van der Waals surface area (Å²) in [7, 11) is 0. The average Bonchev–Trinajstić information content (AvgIpc) is 2.19. The van der Waals surface area contributed by atoms with Crippen molar-refractivity contribution in [3.8, 4) is 5.75 Å². The van der Waals surface area contributed by atoms with Crippen LogP contribution in [0.5, 0.6) is 5.75 Å². The monoisotopic (exact) mass is 187 g/mol. The smallest absolute Gasteiger partial charge is 0.127 e. The molecule has 1 aromatic carbocycles. The van der Waals surface area contributed by atoms with E-state index in [9.17, 15) is 5.11 Å². The van der Waals surface area contributed by atoms with Crippen LogP contribution in [0.4, 0.5) is 0 Å². The molecule has 0 bridgehead atoms. The Morgan fingerprint density at radius 1 is 1.43 bits per heavy atom.